The third-order valence-corrected chi connectivity index (χ3v) is 3.08. The average Bonchev–Trinajstić information content (AvgIpc) is 2.24. The van der Waals surface area contributed by atoms with Gasteiger partial charge in [0.2, 0.25) is 5.91 Å². The number of carbonyl (C=O) groups excluding carboxylic acids is 1. The maximum atomic E-state index is 12.3. The predicted octanol–water partition coefficient (Wildman–Crippen LogP) is 3.30. The number of nitrogens with one attached hydrogen (secondary N) is 1. The van der Waals surface area contributed by atoms with Crippen LogP contribution in [0.1, 0.15) is 61.3 Å². The first-order valence-electron chi connectivity index (χ1n) is 7.64. The summed E-state index contributed by atoms with van der Waals surface area (Å²) in [7, 11) is 0. The summed E-state index contributed by atoms with van der Waals surface area (Å²) in [5, 5.41) is 3.29. The van der Waals surface area contributed by atoms with E-state index in [4.69, 9.17) is 0 Å². The Morgan fingerprint density at radius 2 is 1.42 bits per heavy atom. The molecular weight excluding hydrogens is 236 g/mol. The van der Waals surface area contributed by atoms with E-state index in [1.165, 1.54) is 0 Å². The molecule has 0 saturated heterocycles. The molecule has 0 heterocycles. The summed E-state index contributed by atoms with van der Waals surface area (Å²) in [6.45, 7) is 17.3. The minimum atomic E-state index is -0.00255. The number of nitrogens with zero attached hydrogens (tertiary/aromatic N) is 1. The number of hydrogen-bond donors (Lipinski definition) is 1. The molecule has 0 saturated carbocycles. The first-order chi connectivity index (χ1) is 8.61. The standard InChI is InChI=1S/C16H34N2O/c1-13(2)8-10-18(11-9-14(3)4)15(19)12-17-16(5,6)7/h13-14,17H,8-12H2,1-7H3. The van der Waals surface area contributed by atoms with Gasteiger partial charge in [-0.1, -0.05) is 27.7 Å². The largest absolute Gasteiger partial charge is 0.342 e. The van der Waals surface area contributed by atoms with Gasteiger partial charge in [-0.15, -0.1) is 0 Å². The highest BCUT2D eigenvalue weighted by Crippen LogP contribution is 2.07. The van der Waals surface area contributed by atoms with Gasteiger partial charge in [0.15, 0.2) is 0 Å². The molecule has 0 aromatic heterocycles. The lowest BCUT2D eigenvalue weighted by molar-refractivity contribution is -0.130. The van der Waals surface area contributed by atoms with Gasteiger partial charge in [-0.05, 0) is 45.4 Å². The minimum absolute atomic E-state index is 0.00255. The van der Waals surface area contributed by atoms with E-state index in [0.29, 0.717) is 18.4 Å². The second kappa shape index (κ2) is 8.57. The molecule has 0 aliphatic heterocycles. The molecule has 1 amide bonds. The molecule has 0 fully saturated rings. The highest BCUT2D eigenvalue weighted by atomic mass is 16.2. The maximum absolute atomic E-state index is 12.3. The lowest BCUT2D eigenvalue weighted by Crippen LogP contribution is -2.45. The SMILES string of the molecule is CC(C)CCN(CCC(C)C)C(=O)CNC(C)(C)C. The fourth-order valence-electron chi connectivity index (χ4n) is 1.64. The van der Waals surface area contributed by atoms with E-state index < -0.39 is 0 Å². The van der Waals surface area contributed by atoms with Gasteiger partial charge < -0.3 is 10.2 Å². The summed E-state index contributed by atoms with van der Waals surface area (Å²) in [5.41, 5.74) is -0.00255. The fourth-order valence-corrected chi connectivity index (χ4v) is 1.64. The van der Waals surface area contributed by atoms with Crippen LogP contribution in [0, 0.1) is 11.8 Å². The summed E-state index contributed by atoms with van der Waals surface area (Å²) in [4.78, 5) is 14.3. The van der Waals surface area contributed by atoms with E-state index in [1.807, 2.05) is 4.90 Å². The van der Waals surface area contributed by atoms with Crippen LogP contribution in [0.2, 0.25) is 0 Å². The van der Waals surface area contributed by atoms with Crippen molar-refractivity contribution in [1.82, 2.24) is 10.2 Å². The Balaban J connectivity index is 4.32. The van der Waals surface area contributed by atoms with E-state index >= 15 is 0 Å². The molecule has 0 rings (SSSR count). The van der Waals surface area contributed by atoms with Crippen LogP contribution in [0.25, 0.3) is 0 Å². The van der Waals surface area contributed by atoms with Crippen LogP contribution in [-0.4, -0.2) is 36.0 Å². The van der Waals surface area contributed by atoms with Crippen LogP contribution >= 0.6 is 0 Å². The maximum Gasteiger partial charge on any atom is 0.236 e. The first-order valence-corrected chi connectivity index (χ1v) is 7.64. The van der Waals surface area contributed by atoms with Crippen molar-refractivity contribution in [1.29, 1.82) is 0 Å². The second-order valence-corrected chi connectivity index (χ2v) is 7.35. The van der Waals surface area contributed by atoms with Crippen molar-refractivity contribution in [2.24, 2.45) is 11.8 Å². The van der Waals surface area contributed by atoms with Gasteiger partial charge >= 0.3 is 0 Å². The van der Waals surface area contributed by atoms with E-state index in [9.17, 15) is 4.79 Å². The monoisotopic (exact) mass is 270 g/mol. The molecule has 0 spiro atoms. The van der Waals surface area contributed by atoms with Gasteiger partial charge in [0.05, 0.1) is 6.54 Å². The molecule has 19 heavy (non-hydrogen) atoms. The number of carbonyl (C=O) groups is 1. The van der Waals surface area contributed by atoms with Crippen molar-refractivity contribution >= 4 is 5.91 Å². The molecule has 0 radical (unpaired) electrons. The van der Waals surface area contributed by atoms with Gasteiger partial charge in [-0.25, -0.2) is 0 Å². The fraction of sp³-hybridized carbons (Fsp3) is 0.938. The van der Waals surface area contributed by atoms with Crippen molar-refractivity contribution in [2.45, 2.75) is 66.8 Å². The zero-order valence-electron chi connectivity index (χ0n) is 14.0. The third kappa shape index (κ3) is 11.0. The van der Waals surface area contributed by atoms with Crippen LogP contribution < -0.4 is 5.32 Å². The van der Waals surface area contributed by atoms with Crippen molar-refractivity contribution in [3.05, 3.63) is 0 Å². The summed E-state index contributed by atoms with van der Waals surface area (Å²) < 4.78 is 0. The van der Waals surface area contributed by atoms with Crippen molar-refractivity contribution in [3.8, 4) is 0 Å². The average molecular weight is 270 g/mol. The van der Waals surface area contributed by atoms with E-state index in [-0.39, 0.29) is 11.4 Å². The van der Waals surface area contributed by atoms with Crippen LogP contribution in [0.4, 0.5) is 0 Å². The normalized spacial score (nSPS) is 12.3. The highest BCUT2D eigenvalue weighted by molar-refractivity contribution is 5.78. The van der Waals surface area contributed by atoms with E-state index in [1.54, 1.807) is 0 Å². The van der Waals surface area contributed by atoms with Crippen molar-refractivity contribution < 1.29 is 4.79 Å². The molecule has 3 nitrogen and oxygen atoms in total. The topological polar surface area (TPSA) is 32.3 Å². The summed E-state index contributed by atoms with van der Waals surface area (Å²) in [6.07, 6.45) is 2.17. The Kier molecular flexibility index (Phi) is 8.31. The number of amides is 1. The smallest absolute Gasteiger partial charge is 0.236 e. The Labute approximate surface area is 120 Å². The molecule has 3 heteroatoms. The van der Waals surface area contributed by atoms with Crippen molar-refractivity contribution in [3.63, 3.8) is 0 Å². The second-order valence-electron chi connectivity index (χ2n) is 7.35. The number of rotatable bonds is 8. The third-order valence-electron chi connectivity index (χ3n) is 3.08. The zero-order chi connectivity index (χ0) is 15.1. The molecular formula is C16H34N2O. The predicted molar refractivity (Wildman–Crippen MR) is 83.2 cm³/mol. The minimum Gasteiger partial charge on any atom is -0.342 e. The van der Waals surface area contributed by atoms with E-state index in [2.05, 4.69) is 53.8 Å². The van der Waals surface area contributed by atoms with Gasteiger partial charge in [0.1, 0.15) is 0 Å². The summed E-state index contributed by atoms with van der Waals surface area (Å²) in [6, 6.07) is 0. The quantitative estimate of drug-likeness (QED) is 0.734. The Bertz CT molecular complexity index is 242. The van der Waals surface area contributed by atoms with Crippen LogP contribution in [-0.2, 0) is 4.79 Å². The zero-order valence-corrected chi connectivity index (χ0v) is 14.0. The lowest BCUT2D eigenvalue weighted by Gasteiger charge is -2.27. The van der Waals surface area contributed by atoms with Gasteiger partial charge in [0.25, 0.3) is 0 Å². The molecule has 0 aliphatic rings. The van der Waals surface area contributed by atoms with Crippen molar-refractivity contribution in [2.75, 3.05) is 19.6 Å². The van der Waals surface area contributed by atoms with Gasteiger partial charge in [-0.3, -0.25) is 4.79 Å². The lowest BCUT2D eigenvalue weighted by atomic mass is 10.1. The molecule has 0 aromatic carbocycles. The van der Waals surface area contributed by atoms with Gasteiger partial charge in [0, 0.05) is 18.6 Å². The Hall–Kier alpha value is -0.570. The van der Waals surface area contributed by atoms with Gasteiger partial charge in [-0.2, -0.15) is 0 Å². The molecule has 0 aliphatic carbocycles. The number of hydrogen-bond acceptors (Lipinski definition) is 2. The molecule has 114 valence electrons. The summed E-state index contributed by atoms with van der Waals surface area (Å²) >= 11 is 0. The van der Waals surface area contributed by atoms with E-state index in [0.717, 1.165) is 25.9 Å². The molecule has 0 unspecified atom stereocenters. The Morgan fingerprint density at radius 3 is 1.74 bits per heavy atom. The molecule has 0 atom stereocenters. The summed E-state index contributed by atoms with van der Waals surface area (Å²) in [5.74, 6) is 1.52. The molecule has 0 aromatic rings. The molecule has 0 bridgehead atoms. The van der Waals surface area contributed by atoms with Crippen LogP contribution in [0.3, 0.4) is 0 Å². The van der Waals surface area contributed by atoms with Crippen LogP contribution in [0.5, 0.6) is 0 Å². The van der Waals surface area contributed by atoms with Crippen LogP contribution in [0.15, 0.2) is 0 Å². The first kappa shape index (κ1) is 18.4. The Morgan fingerprint density at radius 1 is 1.00 bits per heavy atom. The highest BCUT2D eigenvalue weighted by Gasteiger charge is 2.17. The molecule has 1 N–H and O–H groups in total.